The predicted octanol–water partition coefficient (Wildman–Crippen LogP) is 3.29. The average Bonchev–Trinajstić information content (AvgIpc) is 2.85. The monoisotopic (exact) mass is 461 g/mol. The molecule has 2 heterocycles. The maximum Gasteiger partial charge on any atom is 0.237 e. The molecule has 0 spiro atoms. The van der Waals surface area contributed by atoms with Crippen molar-refractivity contribution in [2.45, 2.75) is 56.8 Å². The van der Waals surface area contributed by atoms with E-state index in [9.17, 15) is 19.2 Å². The fourth-order valence-corrected chi connectivity index (χ4v) is 5.30. The number of nitrogens with one attached hydrogen (secondary N) is 2. The Morgan fingerprint density at radius 2 is 1.59 bits per heavy atom. The summed E-state index contributed by atoms with van der Waals surface area (Å²) >= 11 is 0. The second-order valence-electron chi connectivity index (χ2n) is 9.30. The minimum atomic E-state index is -0.735. The number of nitrogens with zero attached hydrogens (tertiary/aromatic N) is 1. The summed E-state index contributed by atoms with van der Waals surface area (Å²) in [5, 5.41) is 5.55. The van der Waals surface area contributed by atoms with E-state index in [2.05, 4.69) is 10.6 Å². The maximum atomic E-state index is 13.6. The lowest BCUT2D eigenvalue weighted by Crippen LogP contribution is -2.51. The number of likely N-dealkylation sites (tertiary alicyclic amines) is 1. The van der Waals surface area contributed by atoms with E-state index < -0.39 is 10.8 Å². The lowest BCUT2D eigenvalue weighted by atomic mass is 9.71. The standard InChI is InChI=1S/C27H31N3O4/c1-3-26(14-13-23(32)29-24(26)33)21-9-11-22(12-10-21)28-25(34)27(20-7-5-4-6-8-20)15-17-30(18-16-27)19(2)31/h4-12H,3,13-18H2,1-2H3,(H,28,34)(H,29,32,33). The number of amides is 4. The Hall–Kier alpha value is -3.48. The molecule has 2 N–H and O–H groups in total. The summed E-state index contributed by atoms with van der Waals surface area (Å²) in [6.45, 7) is 4.57. The molecule has 0 radical (unpaired) electrons. The van der Waals surface area contributed by atoms with Crippen LogP contribution < -0.4 is 10.6 Å². The quantitative estimate of drug-likeness (QED) is 0.668. The van der Waals surface area contributed by atoms with Gasteiger partial charge in [-0.2, -0.15) is 0 Å². The van der Waals surface area contributed by atoms with Gasteiger partial charge in [-0.25, -0.2) is 0 Å². The summed E-state index contributed by atoms with van der Waals surface area (Å²) in [4.78, 5) is 51.6. The highest BCUT2D eigenvalue weighted by Crippen LogP contribution is 2.38. The minimum absolute atomic E-state index is 0.0240. The molecular formula is C27H31N3O4. The first-order chi connectivity index (χ1) is 16.3. The zero-order chi connectivity index (χ0) is 24.3. The largest absolute Gasteiger partial charge is 0.343 e. The van der Waals surface area contributed by atoms with Gasteiger partial charge in [0, 0.05) is 32.1 Å². The van der Waals surface area contributed by atoms with Gasteiger partial charge in [0.15, 0.2) is 0 Å². The lowest BCUT2D eigenvalue weighted by molar-refractivity contribution is -0.138. The Labute approximate surface area is 199 Å². The Kier molecular flexibility index (Phi) is 6.55. The highest BCUT2D eigenvalue weighted by Gasteiger charge is 2.44. The summed E-state index contributed by atoms with van der Waals surface area (Å²) in [7, 11) is 0. The molecule has 4 amide bonds. The predicted molar refractivity (Wildman–Crippen MR) is 129 cm³/mol. The van der Waals surface area contributed by atoms with Gasteiger partial charge in [-0.05, 0) is 48.9 Å². The van der Waals surface area contributed by atoms with Crippen LogP contribution in [0.1, 0.15) is 57.1 Å². The van der Waals surface area contributed by atoms with Crippen molar-refractivity contribution in [1.82, 2.24) is 10.2 Å². The number of hydrogen-bond donors (Lipinski definition) is 2. The van der Waals surface area contributed by atoms with E-state index in [4.69, 9.17) is 0 Å². The zero-order valence-electron chi connectivity index (χ0n) is 19.7. The minimum Gasteiger partial charge on any atom is -0.343 e. The van der Waals surface area contributed by atoms with Gasteiger partial charge in [0.05, 0.1) is 10.8 Å². The molecule has 2 aliphatic heterocycles. The highest BCUT2D eigenvalue weighted by molar-refractivity contribution is 6.03. The van der Waals surface area contributed by atoms with Gasteiger partial charge in [0.1, 0.15) is 0 Å². The smallest absolute Gasteiger partial charge is 0.237 e. The Morgan fingerprint density at radius 3 is 2.15 bits per heavy atom. The van der Waals surface area contributed by atoms with Crippen LogP contribution in [0.25, 0.3) is 0 Å². The number of hydrogen-bond acceptors (Lipinski definition) is 4. The van der Waals surface area contributed by atoms with Crippen LogP contribution in [0.4, 0.5) is 5.69 Å². The third-order valence-corrected chi connectivity index (χ3v) is 7.59. The molecule has 0 bridgehead atoms. The van der Waals surface area contributed by atoms with E-state index in [1.54, 1.807) is 11.8 Å². The number of piperidine rings is 2. The van der Waals surface area contributed by atoms with Gasteiger partial charge in [-0.3, -0.25) is 24.5 Å². The van der Waals surface area contributed by atoms with Crippen molar-refractivity contribution in [3.8, 4) is 0 Å². The SMILES string of the molecule is CCC1(c2ccc(NC(=O)C3(c4ccccc4)CCN(C(C)=O)CC3)cc2)CCC(=O)NC1=O. The number of rotatable bonds is 5. The van der Waals surface area contributed by atoms with Crippen LogP contribution in [0.2, 0.25) is 0 Å². The molecule has 2 aliphatic rings. The second-order valence-corrected chi connectivity index (χ2v) is 9.30. The number of benzene rings is 2. The van der Waals surface area contributed by atoms with Gasteiger partial charge in [0.2, 0.25) is 23.6 Å². The first-order valence-corrected chi connectivity index (χ1v) is 11.9. The van der Waals surface area contributed by atoms with Crippen LogP contribution in [0.15, 0.2) is 54.6 Å². The Balaban J connectivity index is 1.56. The van der Waals surface area contributed by atoms with Gasteiger partial charge < -0.3 is 10.2 Å². The molecule has 2 aromatic carbocycles. The maximum absolute atomic E-state index is 13.6. The van der Waals surface area contributed by atoms with Crippen molar-refractivity contribution < 1.29 is 19.2 Å². The van der Waals surface area contributed by atoms with Crippen molar-refractivity contribution in [3.05, 3.63) is 65.7 Å². The van der Waals surface area contributed by atoms with Crippen molar-refractivity contribution in [2.75, 3.05) is 18.4 Å². The molecule has 178 valence electrons. The average molecular weight is 462 g/mol. The van der Waals surface area contributed by atoms with Crippen LogP contribution in [-0.2, 0) is 30.0 Å². The first-order valence-electron chi connectivity index (χ1n) is 11.9. The number of carbonyl (C=O) groups excluding carboxylic acids is 4. The molecule has 2 fully saturated rings. The summed E-state index contributed by atoms with van der Waals surface area (Å²) in [5.41, 5.74) is 0.976. The molecule has 7 nitrogen and oxygen atoms in total. The Morgan fingerprint density at radius 1 is 0.941 bits per heavy atom. The zero-order valence-corrected chi connectivity index (χ0v) is 19.7. The fraction of sp³-hybridized carbons (Fsp3) is 0.407. The molecule has 0 saturated carbocycles. The van der Waals surface area contributed by atoms with Crippen LogP contribution >= 0.6 is 0 Å². The highest BCUT2D eigenvalue weighted by atomic mass is 16.2. The van der Waals surface area contributed by atoms with Crippen molar-refractivity contribution >= 4 is 29.3 Å². The van der Waals surface area contributed by atoms with Crippen molar-refractivity contribution in [2.24, 2.45) is 0 Å². The molecule has 0 aliphatic carbocycles. The van der Waals surface area contributed by atoms with Crippen LogP contribution in [-0.4, -0.2) is 41.6 Å². The van der Waals surface area contributed by atoms with E-state index in [0.29, 0.717) is 50.9 Å². The third-order valence-electron chi connectivity index (χ3n) is 7.59. The second kappa shape index (κ2) is 9.41. The fourth-order valence-electron chi connectivity index (χ4n) is 5.30. The summed E-state index contributed by atoms with van der Waals surface area (Å²) in [6.07, 6.45) is 2.47. The van der Waals surface area contributed by atoms with E-state index >= 15 is 0 Å². The lowest BCUT2D eigenvalue weighted by Gasteiger charge is -2.40. The number of imide groups is 1. The first kappa shape index (κ1) is 23.7. The topological polar surface area (TPSA) is 95.6 Å². The van der Waals surface area contributed by atoms with Crippen molar-refractivity contribution in [1.29, 1.82) is 0 Å². The van der Waals surface area contributed by atoms with Gasteiger partial charge >= 0.3 is 0 Å². The van der Waals surface area contributed by atoms with Crippen LogP contribution in [0, 0.1) is 0 Å². The molecule has 1 atom stereocenters. The van der Waals surface area contributed by atoms with E-state index in [-0.39, 0.29) is 23.6 Å². The van der Waals surface area contributed by atoms with Gasteiger partial charge in [0.25, 0.3) is 0 Å². The Bertz CT molecular complexity index is 1090. The molecule has 34 heavy (non-hydrogen) atoms. The number of anilines is 1. The van der Waals surface area contributed by atoms with Gasteiger partial charge in [-0.1, -0.05) is 49.4 Å². The van der Waals surface area contributed by atoms with E-state index in [1.807, 2.05) is 61.5 Å². The normalized spacial score (nSPS) is 22.1. The summed E-state index contributed by atoms with van der Waals surface area (Å²) in [6, 6.07) is 17.1. The molecule has 4 rings (SSSR count). The molecule has 2 aromatic rings. The van der Waals surface area contributed by atoms with Gasteiger partial charge in [-0.15, -0.1) is 0 Å². The van der Waals surface area contributed by atoms with E-state index in [1.165, 1.54) is 0 Å². The molecular weight excluding hydrogens is 430 g/mol. The molecule has 2 saturated heterocycles. The van der Waals surface area contributed by atoms with Crippen molar-refractivity contribution in [3.63, 3.8) is 0 Å². The molecule has 0 aromatic heterocycles. The number of carbonyl (C=O) groups is 4. The summed E-state index contributed by atoms with van der Waals surface area (Å²) < 4.78 is 0. The van der Waals surface area contributed by atoms with E-state index in [0.717, 1.165) is 11.1 Å². The molecule has 1 unspecified atom stereocenters. The summed E-state index contributed by atoms with van der Waals surface area (Å²) in [5.74, 6) is -0.569. The third kappa shape index (κ3) is 4.22. The molecule has 7 heteroatoms. The van der Waals surface area contributed by atoms with Crippen LogP contribution in [0.3, 0.4) is 0 Å². The van der Waals surface area contributed by atoms with Crippen LogP contribution in [0.5, 0.6) is 0 Å².